The van der Waals surface area contributed by atoms with Gasteiger partial charge >= 0.3 is 5.97 Å². The molecule has 0 saturated heterocycles. The summed E-state index contributed by atoms with van der Waals surface area (Å²) in [5.74, 6) is -0.967. The summed E-state index contributed by atoms with van der Waals surface area (Å²) in [5, 5.41) is 8.34. The summed E-state index contributed by atoms with van der Waals surface area (Å²) >= 11 is 3.19. The molecule has 1 aromatic heterocycles. The van der Waals surface area contributed by atoms with Crippen LogP contribution in [0.15, 0.2) is 29.0 Å². The maximum Gasteiger partial charge on any atom is 0.328 e. The second-order valence-corrected chi connectivity index (χ2v) is 2.81. The number of carboxylic acid groups (broad SMARTS) is 1. The second kappa shape index (κ2) is 4.01. The molecule has 1 rings (SSSR count). The molecule has 12 heavy (non-hydrogen) atoms. The fourth-order valence-electron chi connectivity index (χ4n) is 0.684. The van der Waals surface area contributed by atoms with Crippen LogP contribution >= 0.6 is 15.9 Å². The number of hydrogen-bond acceptors (Lipinski definition) is 2. The number of pyridine rings is 1. The Balaban J connectivity index is 2.89. The predicted molar refractivity (Wildman–Crippen MR) is 48.6 cm³/mol. The summed E-state index contributed by atoms with van der Waals surface area (Å²) in [5.41, 5.74) is 0.750. The van der Waals surface area contributed by atoms with Gasteiger partial charge in [0.1, 0.15) is 4.60 Å². The van der Waals surface area contributed by atoms with E-state index >= 15 is 0 Å². The maximum absolute atomic E-state index is 10.2. The minimum absolute atomic E-state index is 0.641. The summed E-state index contributed by atoms with van der Waals surface area (Å²) in [7, 11) is 0. The molecule has 0 fully saturated rings. The molecule has 0 unspecified atom stereocenters. The molecule has 0 bridgehead atoms. The summed E-state index contributed by atoms with van der Waals surface area (Å²) in [4.78, 5) is 14.1. The molecule has 1 heterocycles. The van der Waals surface area contributed by atoms with Gasteiger partial charge in [-0.1, -0.05) is 6.07 Å². The van der Waals surface area contributed by atoms with Gasteiger partial charge in [-0.2, -0.15) is 0 Å². The van der Waals surface area contributed by atoms with Gasteiger partial charge in [0.2, 0.25) is 0 Å². The Hall–Kier alpha value is -1.16. The lowest BCUT2D eigenvalue weighted by atomic mass is 10.2. The predicted octanol–water partition coefficient (Wildman–Crippen LogP) is 1.94. The minimum atomic E-state index is -0.967. The third kappa shape index (κ3) is 2.47. The molecule has 0 spiro atoms. The summed E-state index contributed by atoms with van der Waals surface area (Å²) < 4.78 is 0.641. The van der Waals surface area contributed by atoms with Gasteiger partial charge in [0.05, 0.1) is 0 Å². The van der Waals surface area contributed by atoms with Crippen molar-refractivity contribution >= 4 is 28.0 Å². The largest absolute Gasteiger partial charge is 0.478 e. The average Bonchev–Trinajstić information content (AvgIpc) is 2.03. The molecule has 0 aliphatic carbocycles. The van der Waals surface area contributed by atoms with Crippen molar-refractivity contribution in [3.8, 4) is 0 Å². The van der Waals surface area contributed by atoms with Crippen LogP contribution in [-0.4, -0.2) is 16.1 Å². The first-order valence-electron chi connectivity index (χ1n) is 3.21. The molecule has 1 N–H and O–H groups in total. The molecule has 0 amide bonds. The number of carbonyl (C=O) groups is 1. The highest BCUT2D eigenvalue weighted by atomic mass is 79.9. The van der Waals surface area contributed by atoms with E-state index < -0.39 is 5.97 Å². The number of nitrogens with zero attached hydrogens (tertiary/aromatic N) is 1. The van der Waals surface area contributed by atoms with Gasteiger partial charge in [0.15, 0.2) is 0 Å². The zero-order valence-corrected chi connectivity index (χ0v) is 7.65. The van der Waals surface area contributed by atoms with Crippen LogP contribution in [0, 0.1) is 0 Å². The SMILES string of the molecule is O=C(O)/C=C/c1cccnc1Br. The zero-order valence-electron chi connectivity index (χ0n) is 6.07. The van der Waals surface area contributed by atoms with E-state index in [1.165, 1.54) is 6.08 Å². The standard InChI is InChI=1S/C8H6BrNO2/c9-8-6(2-1-5-10-8)3-4-7(11)12/h1-5H,(H,11,12)/b4-3+. The maximum atomic E-state index is 10.2. The number of halogens is 1. The Morgan fingerprint density at radius 3 is 3.00 bits per heavy atom. The van der Waals surface area contributed by atoms with Crippen molar-refractivity contribution in [2.45, 2.75) is 0 Å². The molecule has 0 atom stereocenters. The monoisotopic (exact) mass is 227 g/mol. The number of carboxylic acids is 1. The van der Waals surface area contributed by atoms with Gasteiger partial charge in [-0.3, -0.25) is 0 Å². The highest BCUT2D eigenvalue weighted by Gasteiger charge is 1.94. The van der Waals surface area contributed by atoms with Gasteiger partial charge in [-0.05, 0) is 28.1 Å². The van der Waals surface area contributed by atoms with Crippen LogP contribution in [0.3, 0.4) is 0 Å². The molecule has 4 heteroatoms. The third-order valence-corrected chi connectivity index (χ3v) is 1.86. The lowest BCUT2D eigenvalue weighted by Gasteiger charge is -1.93. The third-order valence-electron chi connectivity index (χ3n) is 1.19. The lowest BCUT2D eigenvalue weighted by Crippen LogP contribution is -1.86. The van der Waals surface area contributed by atoms with Crippen LogP contribution in [0.1, 0.15) is 5.56 Å². The van der Waals surface area contributed by atoms with E-state index in [0.717, 1.165) is 11.6 Å². The molecule has 3 nitrogen and oxygen atoms in total. The van der Waals surface area contributed by atoms with Crippen molar-refractivity contribution in [1.29, 1.82) is 0 Å². The molecule has 0 radical (unpaired) electrons. The molecule has 0 aliphatic rings. The van der Waals surface area contributed by atoms with E-state index in [-0.39, 0.29) is 0 Å². The molecule has 62 valence electrons. The molecular formula is C8H6BrNO2. The van der Waals surface area contributed by atoms with Crippen molar-refractivity contribution in [1.82, 2.24) is 4.98 Å². The van der Waals surface area contributed by atoms with Crippen LogP contribution in [-0.2, 0) is 4.79 Å². The van der Waals surface area contributed by atoms with Crippen molar-refractivity contribution in [3.05, 3.63) is 34.6 Å². The van der Waals surface area contributed by atoms with Crippen LogP contribution in [0.25, 0.3) is 6.08 Å². The van der Waals surface area contributed by atoms with Crippen LogP contribution in [0.5, 0.6) is 0 Å². The molecule has 0 saturated carbocycles. The first-order valence-corrected chi connectivity index (χ1v) is 4.01. The summed E-state index contributed by atoms with van der Waals surface area (Å²) in [6, 6.07) is 3.52. The van der Waals surface area contributed by atoms with Gasteiger partial charge in [0, 0.05) is 17.8 Å². The molecule has 0 aliphatic heterocycles. The van der Waals surface area contributed by atoms with Crippen LogP contribution in [0.2, 0.25) is 0 Å². The van der Waals surface area contributed by atoms with Crippen molar-refractivity contribution in [2.24, 2.45) is 0 Å². The average molecular weight is 228 g/mol. The second-order valence-electron chi connectivity index (χ2n) is 2.06. The highest BCUT2D eigenvalue weighted by molar-refractivity contribution is 9.10. The van der Waals surface area contributed by atoms with E-state index in [0.29, 0.717) is 4.60 Å². The summed E-state index contributed by atoms with van der Waals surface area (Å²) in [6.07, 6.45) is 4.18. The van der Waals surface area contributed by atoms with Gasteiger partial charge in [-0.15, -0.1) is 0 Å². The molecule has 0 aromatic carbocycles. The Bertz CT molecular complexity index is 323. The van der Waals surface area contributed by atoms with Crippen molar-refractivity contribution in [3.63, 3.8) is 0 Å². The van der Waals surface area contributed by atoms with Gasteiger partial charge < -0.3 is 5.11 Å². The Kier molecular flexibility index (Phi) is 2.99. The topological polar surface area (TPSA) is 50.2 Å². The van der Waals surface area contributed by atoms with Crippen LogP contribution < -0.4 is 0 Å². The number of rotatable bonds is 2. The Labute approximate surface area is 77.9 Å². The van der Waals surface area contributed by atoms with E-state index in [1.807, 2.05) is 0 Å². The fourth-order valence-corrected chi connectivity index (χ4v) is 1.07. The minimum Gasteiger partial charge on any atom is -0.478 e. The smallest absolute Gasteiger partial charge is 0.328 e. The Morgan fingerprint density at radius 1 is 1.67 bits per heavy atom. The quantitative estimate of drug-likeness (QED) is 0.621. The zero-order chi connectivity index (χ0) is 8.97. The van der Waals surface area contributed by atoms with E-state index in [9.17, 15) is 4.79 Å². The molecular weight excluding hydrogens is 222 g/mol. The molecule has 1 aromatic rings. The van der Waals surface area contributed by atoms with Gasteiger partial charge in [0.25, 0.3) is 0 Å². The fraction of sp³-hybridized carbons (Fsp3) is 0. The highest BCUT2D eigenvalue weighted by Crippen LogP contribution is 2.13. The van der Waals surface area contributed by atoms with Crippen LogP contribution in [0.4, 0.5) is 0 Å². The summed E-state index contributed by atoms with van der Waals surface area (Å²) in [6.45, 7) is 0. The first-order chi connectivity index (χ1) is 5.70. The van der Waals surface area contributed by atoms with Gasteiger partial charge in [-0.25, -0.2) is 9.78 Å². The lowest BCUT2D eigenvalue weighted by molar-refractivity contribution is -0.131. The number of aliphatic carboxylic acids is 1. The van der Waals surface area contributed by atoms with E-state index in [4.69, 9.17) is 5.11 Å². The van der Waals surface area contributed by atoms with E-state index in [1.54, 1.807) is 18.3 Å². The number of aromatic nitrogens is 1. The number of hydrogen-bond donors (Lipinski definition) is 1. The Morgan fingerprint density at radius 2 is 2.42 bits per heavy atom. The van der Waals surface area contributed by atoms with Crippen molar-refractivity contribution in [2.75, 3.05) is 0 Å². The normalized spacial score (nSPS) is 10.4. The van der Waals surface area contributed by atoms with Crippen molar-refractivity contribution < 1.29 is 9.90 Å². The first kappa shape index (κ1) is 8.93. The van der Waals surface area contributed by atoms with E-state index in [2.05, 4.69) is 20.9 Å².